The summed E-state index contributed by atoms with van der Waals surface area (Å²) in [5.41, 5.74) is 2.06. The highest BCUT2D eigenvalue weighted by molar-refractivity contribution is 5.81. The Morgan fingerprint density at radius 3 is 2.80 bits per heavy atom. The Hall–Kier alpha value is -2.10. The van der Waals surface area contributed by atoms with E-state index >= 15 is 0 Å². The number of rotatable bonds is 4. The second kappa shape index (κ2) is 5.90. The zero-order chi connectivity index (χ0) is 14.7. The quantitative estimate of drug-likeness (QED) is 0.803. The first-order chi connectivity index (χ1) is 9.52. The Morgan fingerprint density at radius 2 is 2.10 bits per heavy atom. The lowest BCUT2D eigenvalue weighted by atomic mass is 10.1. The SMILES string of the molecule is COC(=O)C(C)CN(C)c1nc2ccccc2cc1C. The topological polar surface area (TPSA) is 42.4 Å². The molecular weight excluding hydrogens is 252 g/mol. The number of pyridine rings is 1. The summed E-state index contributed by atoms with van der Waals surface area (Å²) in [5, 5.41) is 1.13. The predicted molar refractivity (Wildman–Crippen MR) is 80.9 cm³/mol. The van der Waals surface area contributed by atoms with Gasteiger partial charge in [-0.05, 0) is 24.6 Å². The molecule has 20 heavy (non-hydrogen) atoms. The van der Waals surface area contributed by atoms with Crippen LogP contribution in [-0.4, -0.2) is 31.7 Å². The molecule has 1 atom stereocenters. The average Bonchev–Trinajstić information content (AvgIpc) is 2.45. The fourth-order valence-corrected chi connectivity index (χ4v) is 2.37. The van der Waals surface area contributed by atoms with E-state index in [2.05, 4.69) is 17.1 Å². The first-order valence-electron chi connectivity index (χ1n) is 6.68. The van der Waals surface area contributed by atoms with E-state index in [0.29, 0.717) is 6.54 Å². The van der Waals surface area contributed by atoms with Gasteiger partial charge in [-0.15, -0.1) is 0 Å². The van der Waals surface area contributed by atoms with Crippen molar-refractivity contribution < 1.29 is 9.53 Å². The number of benzene rings is 1. The first kappa shape index (κ1) is 14.3. The van der Waals surface area contributed by atoms with E-state index < -0.39 is 0 Å². The number of aromatic nitrogens is 1. The molecule has 0 fully saturated rings. The lowest BCUT2D eigenvalue weighted by molar-refractivity contribution is -0.144. The highest BCUT2D eigenvalue weighted by Gasteiger charge is 2.17. The van der Waals surface area contributed by atoms with E-state index in [1.165, 1.54) is 7.11 Å². The maximum Gasteiger partial charge on any atom is 0.310 e. The molecule has 1 aromatic heterocycles. The lowest BCUT2D eigenvalue weighted by Gasteiger charge is -2.23. The normalized spacial score (nSPS) is 12.2. The van der Waals surface area contributed by atoms with Gasteiger partial charge in [-0.25, -0.2) is 4.98 Å². The Labute approximate surface area is 119 Å². The van der Waals surface area contributed by atoms with E-state index in [1.54, 1.807) is 0 Å². The zero-order valence-corrected chi connectivity index (χ0v) is 12.4. The van der Waals surface area contributed by atoms with Crippen molar-refractivity contribution in [1.29, 1.82) is 0 Å². The van der Waals surface area contributed by atoms with E-state index in [4.69, 9.17) is 4.74 Å². The largest absolute Gasteiger partial charge is 0.469 e. The fourth-order valence-electron chi connectivity index (χ4n) is 2.37. The molecule has 0 N–H and O–H groups in total. The molecule has 0 saturated carbocycles. The number of hydrogen-bond acceptors (Lipinski definition) is 4. The summed E-state index contributed by atoms with van der Waals surface area (Å²) in [6, 6.07) is 10.2. The fraction of sp³-hybridized carbons (Fsp3) is 0.375. The first-order valence-corrected chi connectivity index (χ1v) is 6.68. The molecule has 0 aliphatic rings. The number of methoxy groups -OCH3 is 1. The van der Waals surface area contributed by atoms with Gasteiger partial charge in [0, 0.05) is 19.0 Å². The molecule has 0 amide bonds. The smallest absolute Gasteiger partial charge is 0.310 e. The van der Waals surface area contributed by atoms with Gasteiger partial charge in [0.25, 0.3) is 0 Å². The number of carbonyl (C=O) groups excluding carboxylic acids is 1. The van der Waals surface area contributed by atoms with Crippen LogP contribution in [0.15, 0.2) is 30.3 Å². The summed E-state index contributed by atoms with van der Waals surface area (Å²) in [4.78, 5) is 18.2. The molecular formula is C16H20N2O2. The van der Waals surface area contributed by atoms with E-state index in [-0.39, 0.29) is 11.9 Å². The van der Waals surface area contributed by atoms with Gasteiger partial charge in [0.15, 0.2) is 0 Å². The second-order valence-corrected chi connectivity index (χ2v) is 5.13. The van der Waals surface area contributed by atoms with Crippen molar-refractivity contribution in [3.05, 3.63) is 35.9 Å². The van der Waals surface area contributed by atoms with Gasteiger partial charge in [-0.2, -0.15) is 0 Å². The highest BCUT2D eigenvalue weighted by Crippen LogP contribution is 2.22. The Bertz CT molecular complexity index is 625. The van der Waals surface area contributed by atoms with Crippen LogP contribution in [0.5, 0.6) is 0 Å². The monoisotopic (exact) mass is 272 g/mol. The summed E-state index contributed by atoms with van der Waals surface area (Å²) < 4.78 is 4.76. The van der Waals surface area contributed by atoms with Gasteiger partial charge < -0.3 is 9.64 Å². The minimum atomic E-state index is -0.199. The Balaban J connectivity index is 2.27. The third kappa shape index (κ3) is 2.90. The molecule has 0 saturated heterocycles. The van der Waals surface area contributed by atoms with Crippen LogP contribution in [0.3, 0.4) is 0 Å². The molecule has 0 radical (unpaired) electrons. The van der Waals surface area contributed by atoms with Crippen molar-refractivity contribution >= 4 is 22.7 Å². The van der Waals surface area contributed by atoms with Crippen molar-refractivity contribution in [3.8, 4) is 0 Å². The number of ether oxygens (including phenoxy) is 1. The minimum absolute atomic E-state index is 0.183. The number of fused-ring (bicyclic) bond motifs is 1. The number of nitrogens with zero attached hydrogens (tertiary/aromatic N) is 2. The van der Waals surface area contributed by atoms with Gasteiger partial charge in [-0.3, -0.25) is 4.79 Å². The van der Waals surface area contributed by atoms with Crippen LogP contribution < -0.4 is 4.90 Å². The number of carbonyl (C=O) groups is 1. The lowest BCUT2D eigenvalue weighted by Crippen LogP contribution is -2.30. The molecule has 0 aliphatic carbocycles. The molecule has 4 heteroatoms. The average molecular weight is 272 g/mol. The van der Waals surface area contributed by atoms with Gasteiger partial charge >= 0.3 is 5.97 Å². The Morgan fingerprint density at radius 1 is 1.40 bits per heavy atom. The van der Waals surface area contributed by atoms with Crippen LogP contribution in [0.1, 0.15) is 12.5 Å². The summed E-state index contributed by atoms with van der Waals surface area (Å²) in [6.07, 6.45) is 0. The molecule has 0 spiro atoms. The highest BCUT2D eigenvalue weighted by atomic mass is 16.5. The van der Waals surface area contributed by atoms with Gasteiger partial charge in [0.05, 0.1) is 18.5 Å². The summed E-state index contributed by atoms with van der Waals surface area (Å²) in [5.74, 6) is 0.521. The third-order valence-electron chi connectivity index (χ3n) is 3.40. The van der Waals surface area contributed by atoms with Gasteiger partial charge in [0.2, 0.25) is 0 Å². The third-order valence-corrected chi connectivity index (χ3v) is 3.40. The molecule has 2 aromatic rings. The van der Waals surface area contributed by atoms with Crippen LogP contribution in [0, 0.1) is 12.8 Å². The van der Waals surface area contributed by atoms with E-state index in [1.807, 2.05) is 44.0 Å². The Kier molecular flexibility index (Phi) is 4.23. The predicted octanol–water partition coefficient (Wildman–Crippen LogP) is 2.79. The van der Waals surface area contributed by atoms with Crippen molar-refractivity contribution in [3.63, 3.8) is 0 Å². The number of aryl methyl sites for hydroxylation is 1. The van der Waals surface area contributed by atoms with Crippen molar-refractivity contribution in [1.82, 2.24) is 4.98 Å². The van der Waals surface area contributed by atoms with Crippen molar-refractivity contribution in [2.24, 2.45) is 5.92 Å². The zero-order valence-electron chi connectivity index (χ0n) is 12.4. The molecule has 106 valence electrons. The molecule has 0 bridgehead atoms. The van der Waals surface area contributed by atoms with Gasteiger partial charge in [-0.1, -0.05) is 25.1 Å². The molecule has 1 heterocycles. The summed E-state index contributed by atoms with van der Waals surface area (Å²) >= 11 is 0. The minimum Gasteiger partial charge on any atom is -0.469 e. The summed E-state index contributed by atoms with van der Waals surface area (Å²) in [7, 11) is 3.36. The summed E-state index contributed by atoms with van der Waals surface area (Å²) in [6.45, 7) is 4.48. The van der Waals surface area contributed by atoms with Crippen LogP contribution in [-0.2, 0) is 9.53 Å². The van der Waals surface area contributed by atoms with Crippen LogP contribution >= 0.6 is 0 Å². The van der Waals surface area contributed by atoms with Crippen LogP contribution in [0.2, 0.25) is 0 Å². The van der Waals surface area contributed by atoms with E-state index in [9.17, 15) is 4.79 Å². The maximum atomic E-state index is 11.5. The molecule has 1 unspecified atom stereocenters. The van der Waals surface area contributed by atoms with Crippen LogP contribution in [0.25, 0.3) is 10.9 Å². The number of para-hydroxylation sites is 1. The van der Waals surface area contributed by atoms with Crippen molar-refractivity contribution in [2.45, 2.75) is 13.8 Å². The number of anilines is 1. The molecule has 2 rings (SSSR count). The molecule has 1 aromatic carbocycles. The number of esters is 1. The number of hydrogen-bond donors (Lipinski definition) is 0. The van der Waals surface area contributed by atoms with Gasteiger partial charge in [0.1, 0.15) is 5.82 Å². The molecule has 4 nitrogen and oxygen atoms in total. The maximum absolute atomic E-state index is 11.5. The standard InChI is InChI=1S/C16H20N2O2/c1-11-9-13-7-5-6-8-14(13)17-15(11)18(3)10-12(2)16(19)20-4/h5-9,12H,10H2,1-4H3. The van der Waals surface area contributed by atoms with E-state index in [0.717, 1.165) is 22.3 Å². The molecule has 0 aliphatic heterocycles. The van der Waals surface area contributed by atoms with Crippen molar-refractivity contribution in [2.75, 3.05) is 25.6 Å². The second-order valence-electron chi connectivity index (χ2n) is 5.13. The van der Waals surface area contributed by atoms with Crippen LogP contribution in [0.4, 0.5) is 5.82 Å².